The van der Waals surface area contributed by atoms with Crippen LogP contribution in [0.5, 0.6) is 0 Å². The summed E-state index contributed by atoms with van der Waals surface area (Å²) >= 11 is 0. The number of carbonyl (C=O) groups excluding carboxylic acids is 1. The zero-order chi connectivity index (χ0) is 20.2. The molecule has 0 aliphatic carbocycles. The molecule has 4 nitrogen and oxygen atoms in total. The fourth-order valence-electron chi connectivity index (χ4n) is 3.51. The maximum Gasteiger partial charge on any atom is 0.221 e. The number of aromatic nitrogens is 2. The van der Waals surface area contributed by atoms with Crippen LogP contribution in [0, 0.1) is 11.6 Å². The van der Waals surface area contributed by atoms with Crippen LogP contribution in [0.3, 0.4) is 0 Å². The number of fused-ring (bicyclic) bond motifs is 1. The lowest BCUT2D eigenvalue weighted by atomic mass is 9.87. The Bertz CT molecular complexity index is 1140. The van der Waals surface area contributed by atoms with Crippen molar-refractivity contribution in [2.24, 2.45) is 0 Å². The smallest absolute Gasteiger partial charge is 0.221 e. The van der Waals surface area contributed by atoms with E-state index in [1.165, 1.54) is 12.1 Å². The molecule has 0 bridgehead atoms. The number of nitrogens with one attached hydrogen (secondary N) is 2. The van der Waals surface area contributed by atoms with Crippen molar-refractivity contribution >= 4 is 16.8 Å². The summed E-state index contributed by atoms with van der Waals surface area (Å²) in [5.74, 6) is -2.08. The van der Waals surface area contributed by atoms with Crippen molar-refractivity contribution in [1.29, 1.82) is 0 Å². The number of aromatic amines is 1. The van der Waals surface area contributed by atoms with Crippen molar-refractivity contribution in [3.8, 4) is 0 Å². The Morgan fingerprint density at radius 3 is 2.62 bits per heavy atom. The topological polar surface area (TPSA) is 57.8 Å². The predicted octanol–water partition coefficient (Wildman–Crippen LogP) is 4.68. The van der Waals surface area contributed by atoms with Gasteiger partial charge in [0.05, 0.1) is 0 Å². The molecule has 0 spiro atoms. The quantitative estimate of drug-likeness (QED) is 0.501. The van der Waals surface area contributed by atoms with Crippen LogP contribution < -0.4 is 5.32 Å². The van der Waals surface area contributed by atoms with Gasteiger partial charge in [0.2, 0.25) is 5.91 Å². The van der Waals surface area contributed by atoms with E-state index in [1.807, 2.05) is 36.4 Å². The number of hydrogen-bond donors (Lipinski definition) is 2. The summed E-state index contributed by atoms with van der Waals surface area (Å²) in [5, 5.41) is 3.77. The largest absolute Gasteiger partial charge is 0.361 e. The van der Waals surface area contributed by atoms with Gasteiger partial charge in [-0.2, -0.15) is 0 Å². The highest BCUT2D eigenvalue weighted by atomic mass is 19.1. The van der Waals surface area contributed by atoms with Crippen LogP contribution in [0.1, 0.15) is 29.0 Å². The fraction of sp³-hybridized carbons (Fsp3) is 0.130. The number of pyridine rings is 1. The van der Waals surface area contributed by atoms with E-state index in [-0.39, 0.29) is 17.9 Å². The number of para-hydroxylation sites is 1. The highest BCUT2D eigenvalue weighted by Gasteiger charge is 2.24. The molecule has 2 aromatic carbocycles. The van der Waals surface area contributed by atoms with Gasteiger partial charge in [0.15, 0.2) is 0 Å². The molecular formula is C23H19F2N3O. The van der Waals surface area contributed by atoms with Gasteiger partial charge in [-0.1, -0.05) is 24.3 Å². The van der Waals surface area contributed by atoms with Crippen molar-refractivity contribution < 1.29 is 13.6 Å². The molecule has 4 rings (SSSR count). The van der Waals surface area contributed by atoms with Gasteiger partial charge in [-0.3, -0.25) is 9.78 Å². The van der Waals surface area contributed by atoms with Crippen LogP contribution in [-0.2, 0) is 11.3 Å². The van der Waals surface area contributed by atoms with E-state index in [0.29, 0.717) is 6.54 Å². The first-order valence-corrected chi connectivity index (χ1v) is 9.28. The lowest BCUT2D eigenvalue weighted by Gasteiger charge is -2.18. The number of nitrogens with zero attached hydrogens (tertiary/aromatic N) is 1. The summed E-state index contributed by atoms with van der Waals surface area (Å²) in [6, 6.07) is 14.7. The van der Waals surface area contributed by atoms with E-state index >= 15 is 0 Å². The number of hydrogen-bond acceptors (Lipinski definition) is 2. The molecule has 0 aliphatic heterocycles. The van der Waals surface area contributed by atoms with Crippen molar-refractivity contribution in [3.05, 3.63) is 102 Å². The number of H-pyrrole nitrogens is 1. The van der Waals surface area contributed by atoms with Gasteiger partial charge < -0.3 is 10.3 Å². The minimum absolute atomic E-state index is 0.0372. The number of amides is 1. The second kappa shape index (κ2) is 8.22. The minimum atomic E-state index is -0.665. The van der Waals surface area contributed by atoms with Crippen LogP contribution >= 0.6 is 0 Å². The Morgan fingerprint density at radius 1 is 1.03 bits per heavy atom. The normalized spacial score (nSPS) is 12.1. The van der Waals surface area contributed by atoms with E-state index in [0.717, 1.165) is 28.1 Å². The summed E-state index contributed by atoms with van der Waals surface area (Å²) < 4.78 is 28.1. The number of halogens is 2. The summed E-state index contributed by atoms with van der Waals surface area (Å²) in [6.07, 6.45) is 5.14. The minimum Gasteiger partial charge on any atom is -0.361 e. The standard InChI is InChI=1S/C23H19F2N3O/c24-16-5-6-17(21(25)11-16)19(20-14-27-22-4-2-1-3-18(20)22)12-23(29)28-13-15-7-9-26-10-8-15/h1-11,14,19,27H,12-13H2,(H,28,29). The first kappa shape index (κ1) is 18.8. The Kier molecular flexibility index (Phi) is 5.33. The van der Waals surface area contributed by atoms with Crippen molar-refractivity contribution in [1.82, 2.24) is 15.3 Å². The van der Waals surface area contributed by atoms with Gasteiger partial charge in [0.1, 0.15) is 11.6 Å². The van der Waals surface area contributed by atoms with Crippen molar-refractivity contribution in [3.63, 3.8) is 0 Å². The van der Waals surface area contributed by atoms with E-state index in [1.54, 1.807) is 18.6 Å². The molecule has 0 fully saturated rings. The van der Waals surface area contributed by atoms with E-state index in [2.05, 4.69) is 15.3 Å². The van der Waals surface area contributed by atoms with Crippen molar-refractivity contribution in [2.45, 2.75) is 18.9 Å². The number of carbonyl (C=O) groups is 1. The van der Waals surface area contributed by atoms with Crippen LogP contribution in [0.2, 0.25) is 0 Å². The molecule has 146 valence electrons. The van der Waals surface area contributed by atoms with Crippen LogP contribution in [-0.4, -0.2) is 15.9 Å². The third kappa shape index (κ3) is 4.16. The van der Waals surface area contributed by atoms with Gasteiger partial charge in [-0.25, -0.2) is 8.78 Å². The molecule has 2 aromatic heterocycles. The van der Waals surface area contributed by atoms with Gasteiger partial charge in [0, 0.05) is 54.4 Å². The molecule has 0 aliphatic rings. The van der Waals surface area contributed by atoms with Gasteiger partial charge in [0.25, 0.3) is 0 Å². The summed E-state index contributed by atoms with van der Waals surface area (Å²) in [7, 11) is 0. The average Bonchev–Trinajstić information content (AvgIpc) is 3.16. The van der Waals surface area contributed by atoms with Crippen molar-refractivity contribution in [2.75, 3.05) is 0 Å². The van der Waals surface area contributed by atoms with Gasteiger partial charge in [-0.15, -0.1) is 0 Å². The molecule has 1 amide bonds. The maximum atomic E-state index is 14.6. The Morgan fingerprint density at radius 2 is 1.83 bits per heavy atom. The van der Waals surface area contributed by atoms with E-state index in [9.17, 15) is 13.6 Å². The molecule has 0 radical (unpaired) electrons. The Balaban J connectivity index is 1.64. The summed E-state index contributed by atoms with van der Waals surface area (Å²) in [5.41, 5.74) is 2.90. The van der Waals surface area contributed by atoms with Crippen LogP contribution in [0.4, 0.5) is 8.78 Å². The monoisotopic (exact) mass is 391 g/mol. The lowest BCUT2D eigenvalue weighted by Crippen LogP contribution is -2.25. The third-order valence-electron chi connectivity index (χ3n) is 4.96. The van der Waals surface area contributed by atoms with E-state index in [4.69, 9.17) is 0 Å². The zero-order valence-electron chi connectivity index (χ0n) is 15.5. The highest BCUT2D eigenvalue weighted by molar-refractivity contribution is 5.86. The molecule has 2 N–H and O–H groups in total. The molecule has 29 heavy (non-hydrogen) atoms. The van der Waals surface area contributed by atoms with Gasteiger partial charge in [-0.05, 0) is 41.0 Å². The first-order valence-electron chi connectivity index (χ1n) is 9.28. The molecule has 6 heteroatoms. The molecular weight excluding hydrogens is 372 g/mol. The Labute approximate surface area is 166 Å². The average molecular weight is 391 g/mol. The molecule has 4 aromatic rings. The summed E-state index contributed by atoms with van der Waals surface area (Å²) in [4.78, 5) is 19.8. The van der Waals surface area contributed by atoms with E-state index < -0.39 is 17.6 Å². The summed E-state index contributed by atoms with van der Waals surface area (Å²) in [6.45, 7) is 0.355. The maximum absolute atomic E-state index is 14.6. The molecule has 0 saturated heterocycles. The van der Waals surface area contributed by atoms with Crippen LogP contribution in [0.15, 0.2) is 73.2 Å². The molecule has 2 heterocycles. The zero-order valence-corrected chi connectivity index (χ0v) is 15.5. The molecule has 1 atom stereocenters. The number of rotatable bonds is 6. The lowest BCUT2D eigenvalue weighted by molar-refractivity contribution is -0.121. The highest BCUT2D eigenvalue weighted by Crippen LogP contribution is 2.34. The third-order valence-corrected chi connectivity index (χ3v) is 4.96. The van der Waals surface area contributed by atoms with Crippen LogP contribution in [0.25, 0.3) is 10.9 Å². The first-order chi connectivity index (χ1) is 14.1. The fourth-order valence-corrected chi connectivity index (χ4v) is 3.51. The van der Waals surface area contributed by atoms with Gasteiger partial charge >= 0.3 is 0 Å². The predicted molar refractivity (Wildman–Crippen MR) is 107 cm³/mol. The Hall–Kier alpha value is -3.54. The second-order valence-electron chi connectivity index (χ2n) is 6.84. The molecule has 1 unspecified atom stereocenters. The second-order valence-corrected chi connectivity index (χ2v) is 6.84. The number of benzene rings is 2. The molecule has 0 saturated carbocycles. The SMILES string of the molecule is O=C(CC(c1ccc(F)cc1F)c1c[nH]c2ccccc12)NCc1ccncc1.